The van der Waals surface area contributed by atoms with E-state index in [-0.39, 0.29) is 25.0 Å². The van der Waals surface area contributed by atoms with Crippen LogP contribution in [0.25, 0.3) is 0 Å². The predicted octanol–water partition coefficient (Wildman–Crippen LogP) is 0.596. The van der Waals surface area contributed by atoms with E-state index in [4.69, 9.17) is 4.74 Å². The smallest absolute Gasteiger partial charge is 0.216 e. The molecule has 0 saturated heterocycles. The molecule has 0 fully saturated rings. The molecule has 0 aliphatic heterocycles. The van der Waals surface area contributed by atoms with Gasteiger partial charge >= 0.3 is 0 Å². The van der Waals surface area contributed by atoms with Crippen LogP contribution >= 0.6 is 0 Å². The molecule has 0 amide bonds. The highest BCUT2D eigenvalue weighted by molar-refractivity contribution is 7.89. The van der Waals surface area contributed by atoms with E-state index >= 15 is 0 Å². The third-order valence-corrected chi connectivity index (χ3v) is 3.96. The quantitative estimate of drug-likeness (QED) is 0.779. The number of imidazole rings is 1. The summed E-state index contributed by atoms with van der Waals surface area (Å²) in [5.74, 6) is 0.614. The Hall–Kier alpha value is -0.920. The molecule has 0 aliphatic rings. The molecule has 1 rings (SSSR count). The Bertz CT molecular complexity index is 414. The Morgan fingerprint density at radius 3 is 2.76 bits per heavy atom. The van der Waals surface area contributed by atoms with Crippen LogP contribution < -0.4 is 0 Å². The van der Waals surface area contributed by atoms with Gasteiger partial charge in [0.25, 0.3) is 0 Å². The van der Waals surface area contributed by atoms with Crippen molar-refractivity contribution in [1.82, 2.24) is 14.3 Å². The Labute approximate surface area is 102 Å². The molecule has 0 aliphatic carbocycles. The summed E-state index contributed by atoms with van der Waals surface area (Å²) < 4.78 is 30.2. The number of nitrogens with one attached hydrogen (secondary N) is 1. The second-order valence-electron chi connectivity index (χ2n) is 4.03. The van der Waals surface area contributed by atoms with Crippen LogP contribution in [-0.2, 0) is 21.3 Å². The number of hydrogen-bond acceptors (Lipinski definition) is 4. The Balaban J connectivity index is 2.46. The molecule has 7 heteroatoms. The first kappa shape index (κ1) is 14.1. The number of rotatable bonds is 7. The van der Waals surface area contributed by atoms with Crippen LogP contribution in [0, 0.1) is 0 Å². The monoisotopic (exact) mass is 261 g/mol. The summed E-state index contributed by atoms with van der Waals surface area (Å²) in [6.07, 6.45) is 3.30. The van der Waals surface area contributed by atoms with E-state index in [1.54, 1.807) is 12.4 Å². The van der Waals surface area contributed by atoms with Gasteiger partial charge in [-0.1, -0.05) is 0 Å². The molecule has 6 nitrogen and oxygen atoms in total. The number of aromatic amines is 1. The summed E-state index contributed by atoms with van der Waals surface area (Å²) in [5, 5.41) is 0. The molecule has 98 valence electrons. The van der Waals surface area contributed by atoms with Crippen LogP contribution in [0.5, 0.6) is 0 Å². The van der Waals surface area contributed by atoms with Crippen LogP contribution in [0.3, 0.4) is 0 Å². The molecule has 1 heterocycles. The molecule has 0 atom stereocenters. The maximum absolute atomic E-state index is 11.8. The van der Waals surface area contributed by atoms with Gasteiger partial charge in [0.2, 0.25) is 10.0 Å². The fourth-order valence-electron chi connectivity index (χ4n) is 1.24. The second kappa shape index (κ2) is 6.13. The number of H-pyrrole nitrogens is 1. The molecular formula is C10H19N3O3S. The summed E-state index contributed by atoms with van der Waals surface area (Å²) in [5.41, 5.74) is 0. The molecule has 0 bridgehead atoms. The molecule has 0 saturated carbocycles. The molecule has 1 N–H and O–H groups in total. The third-order valence-electron chi connectivity index (χ3n) is 2.19. The Morgan fingerprint density at radius 1 is 1.53 bits per heavy atom. The van der Waals surface area contributed by atoms with Crippen molar-refractivity contribution in [2.24, 2.45) is 0 Å². The van der Waals surface area contributed by atoms with Crippen molar-refractivity contribution in [2.75, 3.05) is 19.4 Å². The van der Waals surface area contributed by atoms with Gasteiger partial charge in [-0.25, -0.2) is 13.4 Å². The summed E-state index contributed by atoms with van der Waals surface area (Å²) in [6.45, 7) is 4.21. The molecule has 1 aromatic heterocycles. The zero-order valence-electron chi connectivity index (χ0n) is 10.4. The van der Waals surface area contributed by atoms with E-state index in [9.17, 15) is 8.42 Å². The fourth-order valence-corrected chi connectivity index (χ4v) is 2.18. The average molecular weight is 261 g/mol. The maximum atomic E-state index is 11.8. The molecule has 0 unspecified atom stereocenters. The van der Waals surface area contributed by atoms with Gasteiger partial charge in [-0.2, -0.15) is 4.31 Å². The van der Waals surface area contributed by atoms with Crippen molar-refractivity contribution in [2.45, 2.75) is 26.5 Å². The highest BCUT2D eigenvalue weighted by atomic mass is 32.2. The molecule has 0 aromatic carbocycles. The van der Waals surface area contributed by atoms with Gasteiger partial charge in [0.15, 0.2) is 0 Å². The Kier molecular flexibility index (Phi) is 5.10. The van der Waals surface area contributed by atoms with Gasteiger partial charge < -0.3 is 9.72 Å². The first-order valence-electron chi connectivity index (χ1n) is 5.45. The topological polar surface area (TPSA) is 75.3 Å². The zero-order valence-corrected chi connectivity index (χ0v) is 11.2. The minimum absolute atomic E-state index is 0.0115. The first-order valence-corrected chi connectivity index (χ1v) is 7.06. The van der Waals surface area contributed by atoms with E-state index in [0.717, 1.165) is 0 Å². The summed E-state index contributed by atoms with van der Waals surface area (Å²) in [4.78, 5) is 6.85. The van der Waals surface area contributed by atoms with Crippen LogP contribution in [0.2, 0.25) is 0 Å². The number of ether oxygens (including phenoxy) is 1. The predicted molar refractivity (Wildman–Crippen MR) is 64.9 cm³/mol. The fraction of sp³-hybridized carbons (Fsp3) is 0.700. The van der Waals surface area contributed by atoms with Crippen LogP contribution in [-0.4, -0.2) is 48.2 Å². The highest BCUT2D eigenvalue weighted by Gasteiger charge is 2.18. The lowest BCUT2D eigenvalue weighted by molar-refractivity contribution is 0.0907. The van der Waals surface area contributed by atoms with Gasteiger partial charge in [-0.05, 0) is 13.8 Å². The van der Waals surface area contributed by atoms with Crippen LogP contribution in [0.15, 0.2) is 12.4 Å². The Morgan fingerprint density at radius 2 is 2.24 bits per heavy atom. The van der Waals surface area contributed by atoms with Crippen molar-refractivity contribution in [3.05, 3.63) is 18.2 Å². The van der Waals surface area contributed by atoms with E-state index in [1.165, 1.54) is 11.4 Å². The summed E-state index contributed by atoms with van der Waals surface area (Å²) in [6, 6.07) is 0. The van der Waals surface area contributed by atoms with E-state index in [0.29, 0.717) is 5.82 Å². The zero-order chi connectivity index (χ0) is 12.9. The maximum Gasteiger partial charge on any atom is 0.216 e. The van der Waals surface area contributed by atoms with Crippen molar-refractivity contribution in [1.29, 1.82) is 0 Å². The number of aromatic nitrogens is 2. The lowest BCUT2D eigenvalue weighted by atomic mass is 10.5. The van der Waals surface area contributed by atoms with E-state index in [1.807, 2.05) is 13.8 Å². The standard InChI is InChI=1S/C10H19N3O3S/c1-9(2)16-6-7-17(14,15)13(3)8-10-11-4-5-12-10/h4-5,9H,6-8H2,1-3H3,(H,11,12). The molecule has 0 radical (unpaired) electrons. The normalized spacial score (nSPS) is 12.5. The molecule has 1 aromatic rings. The summed E-state index contributed by atoms with van der Waals surface area (Å²) in [7, 11) is -1.75. The first-order chi connectivity index (χ1) is 7.92. The van der Waals surface area contributed by atoms with Crippen molar-refractivity contribution in [3.8, 4) is 0 Å². The number of sulfonamides is 1. The molecular weight excluding hydrogens is 242 g/mol. The average Bonchev–Trinajstić information content (AvgIpc) is 2.69. The number of nitrogens with zero attached hydrogens (tertiary/aromatic N) is 2. The van der Waals surface area contributed by atoms with E-state index < -0.39 is 10.0 Å². The van der Waals surface area contributed by atoms with Gasteiger partial charge in [0.05, 0.1) is 25.0 Å². The lowest BCUT2D eigenvalue weighted by Gasteiger charge is -2.16. The SMILES string of the molecule is CC(C)OCCS(=O)(=O)N(C)Cc1ncc[nH]1. The lowest BCUT2D eigenvalue weighted by Crippen LogP contribution is -2.31. The van der Waals surface area contributed by atoms with Gasteiger partial charge in [0, 0.05) is 19.4 Å². The van der Waals surface area contributed by atoms with Crippen LogP contribution in [0.4, 0.5) is 0 Å². The van der Waals surface area contributed by atoms with Crippen LogP contribution in [0.1, 0.15) is 19.7 Å². The largest absolute Gasteiger partial charge is 0.378 e. The third kappa shape index (κ3) is 4.84. The van der Waals surface area contributed by atoms with Gasteiger partial charge in [-0.15, -0.1) is 0 Å². The van der Waals surface area contributed by atoms with Crippen molar-refractivity contribution >= 4 is 10.0 Å². The van der Waals surface area contributed by atoms with Gasteiger partial charge in [0.1, 0.15) is 5.82 Å². The van der Waals surface area contributed by atoms with Crippen molar-refractivity contribution < 1.29 is 13.2 Å². The minimum atomic E-state index is -3.28. The highest BCUT2D eigenvalue weighted by Crippen LogP contribution is 2.04. The van der Waals surface area contributed by atoms with E-state index in [2.05, 4.69) is 9.97 Å². The second-order valence-corrected chi connectivity index (χ2v) is 6.22. The molecule has 0 spiro atoms. The number of hydrogen-bond donors (Lipinski definition) is 1. The molecule has 17 heavy (non-hydrogen) atoms. The van der Waals surface area contributed by atoms with Gasteiger partial charge in [-0.3, -0.25) is 0 Å². The van der Waals surface area contributed by atoms with Crippen molar-refractivity contribution in [3.63, 3.8) is 0 Å². The minimum Gasteiger partial charge on any atom is -0.378 e. The summed E-state index contributed by atoms with van der Waals surface area (Å²) >= 11 is 0.